The molecule has 0 saturated carbocycles. The van der Waals surface area contributed by atoms with Gasteiger partial charge in [0.05, 0.1) is 12.0 Å². The summed E-state index contributed by atoms with van der Waals surface area (Å²) in [6, 6.07) is 0. The van der Waals surface area contributed by atoms with E-state index in [9.17, 15) is 0 Å². The van der Waals surface area contributed by atoms with Crippen LogP contribution in [-0.4, -0.2) is 0 Å². The van der Waals surface area contributed by atoms with Crippen molar-refractivity contribution in [2.24, 2.45) is 0 Å². The molecule has 0 unspecified atom stereocenters. The largest absolute Gasteiger partial charge is 0.470 e. The average Bonchev–Trinajstić information content (AvgIpc) is 1.98. The standard InChI is InChI=1S/C10H16O/c1-5-10(6-2)11-8-7-9(3)4/h5,7-8H,3,6H2,1-2,4H3. The highest BCUT2D eigenvalue weighted by Crippen LogP contribution is 2.03. The predicted octanol–water partition coefficient (Wildman–Crippen LogP) is 3.41. The third kappa shape index (κ3) is 5.46. The molecule has 0 saturated heterocycles. The predicted molar refractivity (Wildman–Crippen MR) is 49.1 cm³/mol. The first-order valence-corrected chi connectivity index (χ1v) is 3.84. The van der Waals surface area contributed by atoms with Crippen LogP contribution in [0.5, 0.6) is 0 Å². The topological polar surface area (TPSA) is 9.23 Å². The van der Waals surface area contributed by atoms with Crippen molar-refractivity contribution in [2.45, 2.75) is 27.2 Å². The summed E-state index contributed by atoms with van der Waals surface area (Å²) < 4.78 is 5.27. The van der Waals surface area contributed by atoms with Gasteiger partial charge in [-0.3, -0.25) is 0 Å². The molecular formula is C10H16O. The zero-order chi connectivity index (χ0) is 8.69. The lowest BCUT2D eigenvalue weighted by Gasteiger charge is -2.00. The fraction of sp³-hybridized carbons (Fsp3) is 0.400. The Morgan fingerprint density at radius 3 is 2.55 bits per heavy atom. The molecule has 0 aromatic heterocycles. The van der Waals surface area contributed by atoms with Crippen molar-refractivity contribution in [3.63, 3.8) is 0 Å². The van der Waals surface area contributed by atoms with Crippen molar-refractivity contribution in [3.05, 3.63) is 36.3 Å². The summed E-state index contributed by atoms with van der Waals surface area (Å²) in [5.74, 6) is 0.988. The van der Waals surface area contributed by atoms with E-state index in [1.54, 1.807) is 6.26 Å². The minimum Gasteiger partial charge on any atom is -0.470 e. The van der Waals surface area contributed by atoms with Gasteiger partial charge in [-0.15, -0.1) is 0 Å². The summed E-state index contributed by atoms with van der Waals surface area (Å²) >= 11 is 0. The third-order valence-corrected chi connectivity index (χ3v) is 1.24. The Kier molecular flexibility index (Phi) is 5.26. The lowest BCUT2D eigenvalue weighted by atomic mass is 10.3. The van der Waals surface area contributed by atoms with E-state index in [2.05, 4.69) is 13.5 Å². The van der Waals surface area contributed by atoms with Gasteiger partial charge in [0.15, 0.2) is 0 Å². The fourth-order valence-corrected chi connectivity index (χ4v) is 0.593. The van der Waals surface area contributed by atoms with E-state index in [1.165, 1.54) is 0 Å². The molecule has 0 aromatic rings. The summed E-state index contributed by atoms with van der Waals surface area (Å²) in [5.41, 5.74) is 0.997. The maximum absolute atomic E-state index is 5.27. The van der Waals surface area contributed by atoms with Crippen molar-refractivity contribution in [2.75, 3.05) is 0 Å². The lowest BCUT2D eigenvalue weighted by molar-refractivity contribution is 0.336. The van der Waals surface area contributed by atoms with E-state index in [0.29, 0.717) is 0 Å². The Balaban J connectivity index is 3.77. The van der Waals surface area contributed by atoms with Crippen molar-refractivity contribution in [3.8, 4) is 0 Å². The van der Waals surface area contributed by atoms with Crippen molar-refractivity contribution < 1.29 is 4.74 Å². The van der Waals surface area contributed by atoms with Crippen LogP contribution in [0.15, 0.2) is 36.3 Å². The molecule has 0 atom stereocenters. The van der Waals surface area contributed by atoms with Gasteiger partial charge in [-0.2, -0.15) is 0 Å². The normalized spacial score (nSPS) is 12.1. The maximum atomic E-state index is 5.27. The van der Waals surface area contributed by atoms with E-state index in [0.717, 1.165) is 17.8 Å². The molecule has 0 rings (SSSR count). The maximum Gasteiger partial charge on any atom is 0.0986 e. The van der Waals surface area contributed by atoms with Gasteiger partial charge in [-0.05, 0) is 26.0 Å². The smallest absolute Gasteiger partial charge is 0.0986 e. The number of hydrogen-bond acceptors (Lipinski definition) is 1. The van der Waals surface area contributed by atoms with Gasteiger partial charge < -0.3 is 4.74 Å². The summed E-state index contributed by atoms with van der Waals surface area (Å²) in [4.78, 5) is 0. The summed E-state index contributed by atoms with van der Waals surface area (Å²) in [6.07, 6.45) is 6.40. The molecule has 0 amide bonds. The van der Waals surface area contributed by atoms with E-state index < -0.39 is 0 Å². The summed E-state index contributed by atoms with van der Waals surface area (Å²) in [5, 5.41) is 0. The van der Waals surface area contributed by atoms with Crippen LogP contribution in [0.4, 0.5) is 0 Å². The van der Waals surface area contributed by atoms with E-state index in [-0.39, 0.29) is 0 Å². The average molecular weight is 152 g/mol. The number of rotatable bonds is 4. The Morgan fingerprint density at radius 2 is 2.18 bits per heavy atom. The second kappa shape index (κ2) is 5.78. The first kappa shape index (κ1) is 10.0. The SMILES string of the molecule is C=C(C)C=COC(=CC)CC. The third-order valence-electron chi connectivity index (χ3n) is 1.24. The molecule has 1 heteroatoms. The highest BCUT2D eigenvalue weighted by Gasteiger charge is 1.86. The van der Waals surface area contributed by atoms with E-state index in [4.69, 9.17) is 4.74 Å². The first-order valence-electron chi connectivity index (χ1n) is 3.84. The fourth-order valence-electron chi connectivity index (χ4n) is 0.593. The van der Waals surface area contributed by atoms with E-state index in [1.807, 2.05) is 26.0 Å². The van der Waals surface area contributed by atoms with Gasteiger partial charge in [0, 0.05) is 6.42 Å². The Hall–Kier alpha value is -0.980. The molecule has 11 heavy (non-hydrogen) atoms. The Labute approximate surface area is 69.1 Å². The summed E-state index contributed by atoms with van der Waals surface area (Å²) in [7, 11) is 0. The van der Waals surface area contributed by atoms with Crippen LogP contribution >= 0.6 is 0 Å². The molecule has 0 heterocycles. The molecule has 0 radical (unpaired) electrons. The van der Waals surface area contributed by atoms with Crippen molar-refractivity contribution >= 4 is 0 Å². The molecule has 0 N–H and O–H groups in total. The number of allylic oxidation sites excluding steroid dienone is 4. The van der Waals surface area contributed by atoms with Crippen molar-refractivity contribution in [1.29, 1.82) is 0 Å². The molecular weight excluding hydrogens is 136 g/mol. The van der Waals surface area contributed by atoms with Crippen LogP contribution in [0.25, 0.3) is 0 Å². The van der Waals surface area contributed by atoms with Gasteiger partial charge >= 0.3 is 0 Å². The molecule has 1 nitrogen and oxygen atoms in total. The first-order chi connectivity index (χ1) is 5.20. The molecule has 0 bridgehead atoms. The zero-order valence-corrected chi connectivity index (χ0v) is 7.55. The minimum atomic E-state index is 0.928. The molecule has 0 spiro atoms. The number of hydrogen-bond donors (Lipinski definition) is 0. The molecule has 0 aliphatic heterocycles. The van der Waals surface area contributed by atoms with Crippen LogP contribution in [0.1, 0.15) is 27.2 Å². The van der Waals surface area contributed by atoms with E-state index >= 15 is 0 Å². The van der Waals surface area contributed by atoms with Crippen LogP contribution < -0.4 is 0 Å². The summed E-state index contributed by atoms with van der Waals surface area (Å²) in [6.45, 7) is 9.67. The Bertz CT molecular complexity index is 175. The van der Waals surface area contributed by atoms with Gasteiger partial charge in [-0.25, -0.2) is 0 Å². The van der Waals surface area contributed by atoms with Gasteiger partial charge in [0.2, 0.25) is 0 Å². The van der Waals surface area contributed by atoms with Crippen molar-refractivity contribution in [1.82, 2.24) is 0 Å². The zero-order valence-electron chi connectivity index (χ0n) is 7.55. The van der Waals surface area contributed by atoms with Gasteiger partial charge in [-0.1, -0.05) is 19.1 Å². The highest BCUT2D eigenvalue weighted by molar-refractivity contribution is 5.09. The second-order valence-electron chi connectivity index (χ2n) is 2.38. The number of ether oxygens (including phenoxy) is 1. The Morgan fingerprint density at radius 1 is 1.55 bits per heavy atom. The molecule has 0 fully saturated rings. The molecule has 62 valence electrons. The molecule has 0 aliphatic carbocycles. The lowest BCUT2D eigenvalue weighted by Crippen LogP contribution is -1.81. The molecule has 0 aromatic carbocycles. The van der Waals surface area contributed by atoms with Crippen LogP contribution in [-0.2, 0) is 4.74 Å². The monoisotopic (exact) mass is 152 g/mol. The van der Waals surface area contributed by atoms with Crippen LogP contribution in [0.3, 0.4) is 0 Å². The second-order valence-corrected chi connectivity index (χ2v) is 2.38. The van der Waals surface area contributed by atoms with Gasteiger partial charge in [0.1, 0.15) is 0 Å². The molecule has 0 aliphatic rings. The van der Waals surface area contributed by atoms with Crippen LogP contribution in [0, 0.1) is 0 Å². The highest BCUT2D eigenvalue weighted by atomic mass is 16.5. The quantitative estimate of drug-likeness (QED) is 0.443. The minimum absolute atomic E-state index is 0.928. The van der Waals surface area contributed by atoms with Crippen LogP contribution in [0.2, 0.25) is 0 Å². The van der Waals surface area contributed by atoms with Gasteiger partial charge in [0.25, 0.3) is 0 Å².